The summed E-state index contributed by atoms with van der Waals surface area (Å²) in [7, 11) is 0. The summed E-state index contributed by atoms with van der Waals surface area (Å²) in [4.78, 5) is 14.3. The quantitative estimate of drug-likeness (QED) is 0.696. The molecule has 0 aliphatic carbocycles. The van der Waals surface area contributed by atoms with Crippen LogP contribution in [0.4, 0.5) is 5.69 Å². The lowest BCUT2D eigenvalue weighted by Crippen LogP contribution is -2.29. The first-order valence-electron chi connectivity index (χ1n) is 7.96. The number of carbonyl (C=O) groups excluding carboxylic acids is 1. The number of rotatable bonds is 4. The molecule has 5 heteroatoms. The van der Waals surface area contributed by atoms with Gasteiger partial charge < -0.3 is 9.32 Å². The number of benzene rings is 1. The van der Waals surface area contributed by atoms with Gasteiger partial charge in [0.05, 0.1) is 18.0 Å². The van der Waals surface area contributed by atoms with E-state index in [4.69, 9.17) is 4.42 Å². The van der Waals surface area contributed by atoms with E-state index in [1.54, 1.807) is 19.2 Å². The fraction of sp³-hybridized carbons (Fsp3) is 0.333. The van der Waals surface area contributed by atoms with Gasteiger partial charge in [0.1, 0.15) is 5.76 Å². The number of amides is 1. The summed E-state index contributed by atoms with van der Waals surface area (Å²) >= 11 is 0. The van der Waals surface area contributed by atoms with Crippen LogP contribution < -0.4 is 10.3 Å². The van der Waals surface area contributed by atoms with Gasteiger partial charge >= 0.3 is 0 Å². The zero-order valence-electron chi connectivity index (χ0n) is 13.3. The molecule has 1 amide bonds. The predicted octanol–water partition coefficient (Wildman–Crippen LogP) is 3.34. The number of carbonyl (C=O) groups is 1. The Bertz CT molecular complexity index is 683. The highest BCUT2D eigenvalue weighted by molar-refractivity contribution is 5.95. The summed E-state index contributed by atoms with van der Waals surface area (Å²) in [5.41, 5.74) is 5.22. The first-order valence-corrected chi connectivity index (χ1v) is 7.96. The minimum absolute atomic E-state index is 0.266. The molecule has 1 aliphatic heterocycles. The molecule has 1 fully saturated rings. The fourth-order valence-electron chi connectivity index (χ4n) is 2.77. The number of furan rings is 1. The van der Waals surface area contributed by atoms with Crippen molar-refractivity contribution < 1.29 is 9.21 Å². The molecule has 3 rings (SSSR count). The molecule has 5 nitrogen and oxygen atoms in total. The van der Waals surface area contributed by atoms with Crippen molar-refractivity contribution in [2.24, 2.45) is 5.10 Å². The number of hydrazone groups is 1. The molecule has 23 heavy (non-hydrogen) atoms. The van der Waals surface area contributed by atoms with Crippen molar-refractivity contribution in [2.45, 2.75) is 26.2 Å². The molecular formula is C18H21N3O2. The highest BCUT2D eigenvalue weighted by atomic mass is 16.3. The van der Waals surface area contributed by atoms with Crippen LogP contribution in [0, 0.1) is 6.92 Å². The SMILES string of the molecule is Cc1occc1C(=O)N/N=C\c1ccc(N2CCCCC2)cc1. The maximum atomic E-state index is 11.9. The van der Waals surface area contributed by atoms with E-state index in [-0.39, 0.29) is 5.91 Å². The van der Waals surface area contributed by atoms with E-state index >= 15 is 0 Å². The van der Waals surface area contributed by atoms with Crippen LogP contribution in [0.2, 0.25) is 0 Å². The summed E-state index contributed by atoms with van der Waals surface area (Å²) < 4.78 is 5.10. The number of aryl methyl sites for hydroxylation is 1. The van der Waals surface area contributed by atoms with Crippen LogP contribution in [0.3, 0.4) is 0 Å². The third-order valence-electron chi connectivity index (χ3n) is 4.10. The van der Waals surface area contributed by atoms with Gasteiger partial charge in [0.2, 0.25) is 0 Å². The maximum absolute atomic E-state index is 11.9. The Labute approximate surface area is 136 Å². The molecule has 1 N–H and O–H groups in total. The Balaban J connectivity index is 1.57. The summed E-state index contributed by atoms with van der Waals surface area (Å²) in [5.74, 6) is 0.320. The van der Waals surface area contributed by atoms with E-state index in [1.807, 2.05) is 12.1 Å². The number of piperidine rings is 1. The monoisotopic (exact) mass is 311 g/mol. The van der Waals surface area contributed by atoms with Crippen molar-refractivity contribution in [3.8, 4) is 0 Å². The van der Waals surface area contributed by atoms with Gasteiger partial charge in [-0.3, -0.25) is 4.79 Å². The van der Waals surface area contributed by atoms with Crippen LogP contribution in [0.25, 0.3) is 0 Å². The second-order valence-corrected chi connectivity index (χ2v) is 5.73. The Hall–Kier alpha value is -2.56. The average Bonchev–Trinajstić information content (AvgIpc) is 3.02. The molecule has 1 aliphatic rings. The van der Waals surface area contributed by atoms with Crippen LogP contribution in [0.5, 0.6) is 0 Å². The lowest BCUT2D eigenvalue weighted by atomic mass is 10.1. The van der Waals surface area contributed by atoms with Gasteiger partial charge in [-0.25, -0.2) is 5.43 Å². The average molecular weight is 311 g/mol. The topological polar surface area (TPSA) is 57.8 Å². The van der Waals surface area contributed by atoms with Crippen molar-refractivity contribution in [1.29, 1.82) is 0 Å². The van der Waals surface area contributed by atoms with Crippen molar-refractivity contribution >= 4 is 17.8 Å². The molecule has 0 spiro atoms. The molecule has 0 atom stereocenters. The lowest BCUT2D eigenvalue weighted by molar-refractivity contribution is 0.0953. The standard InChI is InChI=1S/C18H21N3O2/c1-14-17(9-12-23-14)18(22)20-19-13-15-5-7-16(8-6-15)21-10-3-2-4-11-21/h5-9,12-13H,2-4,10-11H2,1H3,(H,20,22)/b19-13-. The van der Waals surface area contributed by atoms with Crippen molar-refractivity contribution in [3.63, 3.8) is 0 Å². The zero-order chi connectivity index (χ0) is 16.1. The van der Waals surface area contributed by atoms with Gasteiger partial charge in [-0.15, -0.1) is 0 Å². The predicted molar refractivity (Wildman–Crippen MR) is 91.0 cm³/mol. The van der Waals surface area contributed by atoms with E-state index < -0.39 is 0 Å². The van der Waals surface area contributed by atoms with E-state index in [2.05, 4.69) is 27.6 Å². The van der Waals surface area contributed by atoms with E-state index in [0.717, 1.165) is 18.7 Å². The molecule has 0 unspecified atom stereocenters. The number of nitrogens with zero attached hydrogens (tertiary/aromatic N) is 2. The lowest BCUT2D eigenvalue weighted by Gasteiger charge is -2.28. The Morgan fingerprint density at radius 3 is 2.57 bits per heavy atom. The summed E-state index contributed by atoms with van der Waals surface area (Å²) in [5, 5.41) is 4.00. The first-order chi connectivity index (χ1) is 11.2. The van der Waals surface area contributed by atoms with Gasteiger partial charge in [0, 0.05) is 18.8 Å². The Morgan fingerprint density at radius 1 is 1.17 bits per heavy atom. The van der Waals surface area contributed by atoms with Gasteiger partial charge in [-0.05, 0) is 49.9 Å². The Kier molecular flexibility index (Phi) is 4.76. The van der Waals surface area contributed by atoms with Gasteiger partial charge in [-0.1, -0.05) is 12.1 Å². The number of nitrogens with one attached hydrogen (secondary N) is 1. The van der Waals surface area contributed by atoms with Crippen LogP contribution in [0.15, 0.2) is 46.1 Å². The van der Waals surface area contributed by atoms with Crippen molar-refractivity contribution in [2.75, 3.05) is 18.0 Å². The maximum Gasteiger partial charge on any atom is 0.274 e. The molecule has 120 valence electrons. The molecule has 1 saturated heterocycles. The molecular weight excluding hydrogens is 290 g/mol. The highest BCUT2D eigenvalue weighted by Crippen LogP contribution is 2.19. The minimum Gasteiger partial charge on any atom is -0.469 e. The van der Waals surface area contributed by atoms with E-state index in [1.165, 1.54) is 31.2 Å². The fourth-order valence-corrected chi connectivity index (χ4v) is 2.77. The van der Waals surface area contributed by atoms with Crippen LogP contribution in [-0.2, 0) is 0 Å². The number of hydrogen-bond donors (Lipinski definition) is 1. The zero-order valence-corrected chi connectivity index (χ0v) is 13.3. The van der Waals surface area contributed by atoms with E-state index in [0.29, 0.717) is 11.3 Å². The van der Waals surface area contributed by atoms with Gasteiger partial charge in [0.25, 0.3) is 5.91 Å². The molecule has 0 bridgehead atoms. The van der Waals surface area contributed by atoms with Crippen LogP contribution in [-0.4, -0.2) is 25.2 Å². The molecule has 1 aromatic carbocycles. The molecule has 0 radical (unpaired) electrons. The third kappa shape index (κ3) is 3.80. The molecule has 2 heterocycles. The Morgan fingerprint density at radius 2 is 1.91 bits per heavy atom. The van der Waals surface area contributed by atoms with E-state index in [9.17, 15) is 4.79 Å². The number of hydrogen-bond acceptors (Lipinski definition) is 4. The van der Waals surface area contributed by atoms with Gasteiger partial charge in [-0.2, -0.15) is 5.10 Å². The largest absolute Gasteiger partial charge is 0.469 e. The van der Waals surface area contributed by atoms with Crippen molar-refractivity contribution in [3.05, 3.63) is 53.5 Å². The third-order valence-corrected chi connectivity index (χ3v) is 4.10. The smallest absolute Gasteiger partial charge is 0.274 e. The second-order valence-electron chi connectivity index (χ2n) is 5.73. The molecule has 2 aromatic rings. The van der Waals surface area contributed by atoms with Crippen molar-refractivity contribution in [1.82, 2.24) is 5.43 Å². The normalized spacial score (nSPS) is 15.1. The molecule has 0 saturated carbocycles. The second kappa shape index (κ2) is 7.13. The highest BCUT2D eigenvalue weighted by Gasteiger charge is 2.11. The minimum atomic E-state index is -0.266. The molecule has 1 aromatic heterocycles. The van der Waals surface area contributed by atoms with Crippen LogP contribution >= 0.6 is 0 Å². The first kappa shape index (κ1) is 15.3. The summed E-state index contributed by atoms with van der Waals surface area (Å²) in [6.45, 7) is 4.01. The summed E-state index contributed by atoms with van der Waals surface area (Å²) in [6, 6.07) is 9.88. The summed E-state index contributed by atoms with van der Waals surface area (Å²) in [6.07, 6.45) is 7.00. The van der Waals surface area contributed by atoms with Gasteiger partial charge in [0.15, 0.2) is 0 Å². The van der Waals surface area contributed by atoms with Crippen LogP contribution in [0.1, 0.15) is 40.9 Å². The number of anilines is 1.